The van der Waals surface area contributed by atoms with Crippen molar-refractivity contribution in [3.63, 3.8) is 0 Å². The number of nitrogens with zero attached hydrogens (tertiary/aromatic N) is 3. The van der Waals surface area contributed by atoms with Crippen molar-refractivity contribution in [1.82, 2.24) is 14.5 Å². The summed E-state index contributed by atoms with van der Waals surface area (Å²) in [6.45, 7) is 0.231. The molecule has 1 aliphatic rings. The summed E-state index contributed by atoms with van der Waals surface area (Å²) in [5, 5.41) is 5.60. The van der Waals surface area contributed by atoms with Gasteiger partial charge in [-0.15, -0.1) is 0 Å². The zero-order chi connectivity index (χ0) is 31.0. The molecule has 3 rings (SSSR count). The standard InChI is InChI=1S/C22H26F5N5O7S2/c1-5-40(34,35)28-9-8-15-11-32(41(36,37)18-12-31(19(23)24)30-13(18)2)16-10-14(6-7-17(16)38-15)29-20(33)39-21(3,4)22(25,26)27/h6-10,12,15,19,28H,5,11H2,1-4H3,(H,29,33)/b9-8+. The zero-order valence-corrected chi connectivity index (χ0v) is 23.6. The van der Waals surface area contributed by atoms with Gasteiger partial charge in [0.25, 0.3) is 10.0 Å². The largest absolute Gasteiger partial charge is 0.482 e. The molecule has 41 heavy (non-hydrogen) atoms. The van der Waals surface area contributed by atoms with Crippen LogP contribution < -0.4 is 19.1 Å². The van der Waals surface area contributed by atoms with E-state index in [-0.39, 0.29) is 33.3 Å². The minimum atomic E-state index is -4.88. The molecule has 19 heteroatoms. The van der Waals surface area contributed by atoms with Crippen molar-refractivity contribution in [3.05, 3.63) is 42.4 Å². The first kappa shape index (κ1) is 31.9. The lowest BCUT2D eigenvalue weighted by atomic mass is 10.1. The quantitative estimate of drug-likeness (QED) is 0.396. The molecule has 0 aliphatic carbocycles. The van der Waals surface area contributed by atoms with E-state index in [4.69, 9.17) is 4.74 Å². The molecular weight excluding hydrogens is 605 g/mol. The van der Waals surface area contributed by atoms with Gasteiger partial charge >= 0.3 is 18.8 Å². The third-order valence-electron chi connectivity index (χ3n) is 5.71. The number of anilines is 2. The predicted molar refractivity (Wildman–Crippen MR) is 136 cm³/mol. The fourth-order valence-corrected chi connectivity index (χ4v) is 5.47. The van der Waals surface area contributed by atoms with Crippen LogP contribution in [0.2, 0.25) is 0 Å². The summed E-state index contributed by atoms with van der Waals surface area (Å²) >= 11 is 0. The van der Waals surface area contributed by atoms with Gasteiger partial charge in [0.15, 0.2) is 0 Å². The number of benzene rings is 1. The summed E-state index contributed by atoms with van der Waals surface area (Å²) in [6.07, 6.45) is -4.57. The number of hydrogen-bond donors (Lipinski definition) is 2. The highest BCUT2D eigenvalue weighted by atomic mass is 32.2. The van der Waals surface area contributed by atoms with Crippen LogP contribution in [0, 0.1) is 6.92 Å². The van der Waals surface area contributed by atoms with Crippen LogP contribution in [-0.2, 0) is 24.8 Å². The molecule has 1 unspecified atom stereocenters. The Labute approximate surface area is 232 Å². The molecule has 0 saturated heterocycles. The molecule has 1 aromatic heterocycles. The summed E-state index contributed by atoms with van der Waals surface area (Å²) < 4.78 is 130. The van der Waals surface area contributed by atoms with Gasteiger partial charge in [-0.2, -0.15) is 27.1 Å². The van der Waals surface area contributed by atoms with Gasteiger partial charge in [-0.25, -0.2) is 26.3 Å². The number of aromatic nitrogens is 2. The van der Waals surface area contributed by atoms with Gasteiger partial charge in [0.1, 0.15) is 16.7 Å². The Morgan fingerprint density at radius 2 is 1.90 bits per heavy atom. The van der Waals surface area contributed by atoms with Crippen molar-refractivity contribution in [2.75, 3.05) is 21.9 Å². The molecule has 0 bridgehead atoms. The number of aryl methyl sites for hydroxylation is 1. The summed E-state index contributed by atoms with van der Waals surface area (Å²) in [6, 6.07) is 3.47. The average molecular weight is 632 g/mol. The van der Waals surface area contributed by atoms with E-state index in [1.807, 2.05) is 0 Å². The van der Waals surface area contributed by atoms with Crippen LogP contribution in [0.5, 0.6) is 5.75 Å². The second-order valence-corrected chi connectivity index (χ2v) is 13.0. The van der Waals surface area contributed by atoms with Crippen molar-refractivity contribution in [2.24, 2.45) is 0 Å². The van der Waals surface area contributed by atoms with Crippen LogP contribution in [0.15, 0.2) is 41.6 Å². The number of sulfonamides is 2. The van der Waals surface area contributed by atoms with Gasteiger partial charge in [0.2, 0.25) is 15.6 Å². The first-order valence-electron chi connectivity index (χ1n) is 11.7. The molecular formula is C22H26F5N5O7S2. The lowest BCUT2D eigenvalue weighted by Gasteiger charge is -2.34. The van der Waals surface area contributed by atoms with Gasteiger partial charge in [0, 0.05) is 11.9 Å². The SMILES string of the molecule is CCS(=O)(=O)N/C=C/C1CN(S(=O)(=O)c2cn(C(F)F)nc2C)c2cc(NC(=O)OC(C)(C)C(F)(F)F)ccc2O1. The molecule has 0 spiro atoms. The lowest BCUT2D eigenvalue weighted by molar-refractivity contribution is -0.242. The van der Waals surface area contributed by atoms with Crippen LogP contribution >= 0.6 is 0 Å². The average Bonchev–Trinajstić information content (AvgIpc) is 3.25. The normalized spacial score (nSPS) is 16.4. The Morgan fingerprint density at radius 3 is 2.46 bits per heavy atom. The first-order chi connectivity index (χ1) is 18.8. The smallest absolute Gasteiger partial charge is 0.427 e. The van der Waals surface area contributed by atoms with Gasteiger partial charge in [-0.1, -0.05) is 0 Å². The van der Waals surface area contributed by atoms with Crippen LogP contribution in [0.3, 0.4) is 0 Å². The predicted octanol–water partition coefficient (Wildman–Crippen LogP) is 3.89. The van der Waals surface area contributed by atoms with E-state index in [1.165, 1.54) is 32.1 Å². The molecule has 1 amide bonds. The first-order valence-corrected chi connectivity index (χ1v) is 14.8. The van der Waals surface area contributed by atoms with Gasteiger partial charge in [-0.3, -0.25) is 14.3 Å². The maximum absolute atomic E-state index is 13.7. The number of alkyl halides is 5. The molecule has 2 heterocycles. The van der Waals surface area contributed by atoms with Crippen molar-refractivity contribution in [2.45, 2.75) is 57.0 Å². The van der Waals surface area contributed by atoms with Gasteiger partial charge in [0.05, 0.1) is 29.9 Å². The number of amides is 1. The molecule has 12 nitrogen and oxygen atoms in total. The maximum Gasteiger partial charge on any atom is 0.427 e. The third-order valence-corrected chi connectivity index (χ3v) is 8.84. The van der Waals surface area contributed by atoms with Crippen molar-refractivity contribution in [1.29, 1.82) is 0 Å². The highest BCUT2D eigenvalue weighted by molar-refractivity contribution is 7.93. The van der Waals surface area contributed by atoms with Crippen LogP contribution in [0.4, 0.5) is 38.1 Å². The topological polar surface area (TPSA) is 149 Å². The number of nitrogens with one attached hydrogen (secondary N) is 2. The minimum absolute atomic E-state index is 0.0960. The number of hydrogen-bond acceptors (Lipinski definition) is 8. The molecule has 228 valence electrons. The molecule has 1 aromatic carbocycles. The molecule has 0 fully saturated rings. The van der Waals surface area contributed by atoms with Crippen LogP contribution in [0.25, 0.3) is 0 Å². The number of rotatable bonds is 9. The van der Waals surface area contributed by atoms with E-state index < -0.39 is 62.0 Å². The lowest BCUT2D eigenvalue weighted by Crippen LogP contribution is -2.44. The van der Waals surface area contributed by atoms with Crippen molar-refractivity contribution >= 4 is 37.5 Å². The van der Waals surface area contributed by atoms with Crippen molar-refractivity contribution < 1.29 is 53.1 Å². The Hall–Kier alpha value is -3.61. The summed E-state index contributed by atoms with van der Waals surface area (Å²) in [5.41, 5.74) is -3.49. The molecule has 0 saturated carbocycles. The molecule has 1 aliphatic heterocycles. The van der Waals surface area contributed by atoms with Gasteiger partial charge < -0.3 is 9.47 Å². The molecule has 1 atom stereocenters. The van der Waals surface area contributed by atoms with Crippen LogP contribution in [0.1, 0.15) is 33.0 Å². The zero-order valence-electron chi connectivity index (χ0n) is 21.9. The number of ether oxygens (including phenoxy) is 2. The highest BCUT2D eigenvalue weighted by Crippen LogP contribution is 2.40. The molecule has 0 radical (unpaired) electrons. The number of halogens is 5. The Morgan fingerprint density at radius 1 is 1.24 bits per heavy atom. The van der Waals surface area contributed by atoms with E-state index in [0.29, 0.717) is 20.0 Å². The van der Waals surface area contributed by atoms with E-state index in [2.05, 4.69) is 19.9 Å². The summed E-state index contributed by atoms with van der Waals surface area (Å²) in [4.78, 5) is 11.6. The number of carbonyl (C=O) groups is 1. The van der Waals surface area contributed by atoms with E-state index in [1.54, 1.807) is 0 Å². The highest BCUT2D eigenvalue weighted by Gasteiger charge is 2.51. The third kappa shape index (κ3) is 7.19. The minimum Gasteiger partial charge on any atom is -0.482 e. The summed E-state index contributed by atoms with van der Waals surface area (Å²) in [7, 11) is -8.28. The second-order valence-electron chi connectivity index (χ2n) is 9.11. The van der Waals surface area contributed by atoms with E-state index >= 15 is 0 Å². The summed E-state index contributed by atoms with van der Waals surface area (Å²) in [5.74, 6) is -0.334. The Balaban J connectivity index is 2.01. The monoisotopic (exact) mass is 631 g/mol. The number of fused-ring (bicyclic) bond motifs is 1. The van der Waals surface area contributed by atoms with E-state index in [9.17, 15) is 43.6 Å². The number of carbonyl (C=O) groups excluding carboxylic acids is 1. The molecule has 2 aromatic rings. The van der Waals surface area contributed by atoms with Crippen molar-refractivity contribution in [3.8, 4) is 5.75 Å². The second kappa shape index (κ2) is 11.3. The Bertz CT molecular complexity index is 1540. The maximum atomic E-state index is 13.7. The molecule has 2 N–H and O–H groups in total. The van der Waals surface area contributed by atoms with Crippen LogP contribution in [-0.4, -0.2) is 62.9 Å². The van der Waals surface area contributed by atoms with Gasteiger partial charge in [-0.05, 0) is 52.0 Å². The van der Waals surface area contributed by atoms with E-state index in [0.717, 1.165) is 16.6 Å². The fraction of sp³-hybridized carbons (Fsp3) is 0.455. The Kier molecular flexibility index (Phi) is 8.83. The fourth-order valence-electron chi connectivity index (χ4n) is 3.38.